The third-order valence-corrected chi connectivity index (χ3v) is 5.93. The highest BCUT2D eigenvalue weighted by atomic mass is 16.3. The molecule has 4 heteroatoms. The van der Waals surface area contributed by atoms with Crippen LogP contribution in [0.1, 0.15) is 57.6 Å². The maximum atomic E-state index is 12.4. The quantitative estimate of drug-likeness (QED) is 0.680. The molecular formula is C18H24N2O2. The first-order valence-electron chi connectivity index (χ1n) is 8.49. The number of hydrogen-bond donors (Lipinski definition) is 1. The lowest BCUT2D eigenvalue weighted by Gasteiger charge is -2.56. The predicted molar refractivity (Wildman–Crippen MR) is 84.3 cm³/mol. The van der Waals surface area contributed by atoms with Crippen LogP contribution in [-0.2, 0) is 4.79 Å². The number of hydrazone groups is 1. The molecule has 0 saturated heterocycles. The van der Waals surface area contributed by atoms with Crippen molar-refractivity contribution in [2.45, 2.75) is 51.9 Å². The summed E-state index contributed by atoms with van der Waals surface area (Å²) in [5, 5.41) is 4.19. The van der Waals surface area contributed by atoms with Crippen LogP contribution in [-0.4, -0.2) is 11.6 Å². The summed E-state index contributed by atoms with van der Waals surface area (Å²) in [7, 11) is 0. The molecule has 4 bridgehead atoms. The van der Waals surface area contributed by atoms with E-state index in [-0.39, 0.29) is 11.3 Å². The minimum Gasteiger partial charge on any atom is -0.463 e. The van der Waals surface area contributed by atoms with Crippen LogP contribution in [0.2, 0.25) is 0 Å². The second-order valence-corrected chi connectivity index (χ2v) is 7.80. The minimum atomic E-state index is 0.0628. The van der Waals surface area contributed by atoms with Crippen molar-refractivity contribution < 1.29 is 9.21 Å². The van der Waals surface area contributed by atoms with Gasteiger partial charge in [0.15, 0.2) is 0 Å². The van der Waals surface area contributed by atoms with Crippen molar-refractivity contribution in [1.29, 1.82) is 0 Å². The molecule has 22 heavy (non-hydrogen) atoms. The Morgan fingerprint density at radius 2 is 1.91 bits per heavy atom. The molecule has 0 unspecified atom stereocenters. The molecule has 0 aliphatic heterocycles. The van der Waals surface area contributed by atoms with Gasteiger partial charge < -0.3 is 4.42 Å². The molecule has 0 aromatic carbocycles. The molecule has 1 N–H and O–H groups in total. The molecule has 4 fully saturated rings. The summed E-state index contributed by atoms with van der Waals surface area (Å²) in [4.78, 5) is 12.4. The summed E-state index contributed by atoms with van der Waals surface area (Å²) in [6.07, 6.45) is 10.3. The number of hydrogen-bond acceptors (Lipinski definition) is 3. The lowest BCUT2D eigenvalue weighted by Crippen LogP contribution is -2.47. The summed E-state index contributed by atoms with van der Waals surface area (Å²) in [6, 6.07) is 3.68. The molecule has 5 rings (SSSR count). The highest BCUT2D eigenvalue weighted by molar-refractivity contribution is 5.96. The summed E-state index contributed by atoms with van der Waals surface area (Å²) >= 11 is 0. The summed E-state index contributed by atoms with van der Waals surface area (Å²) < 4.78 is 5.28. The number of carbonyl (C=O) groups is 1. The highest BCUT2D eigenvalue weighted by Crippen LogP contribution is 2.61. The Kier molecular flexibility index (Phi) is 3.35. The van der Waals surface area contributed by atoms with Crippen molar-refractivity contribution in [2.75, 3.05) is 0 Å². The van der Waals surface area contributed by atoms with Crippen molar-refractivity contribution in [3.63, 3.8) is 0 Å². The van der Waals surface area contributed by atoms with E-state index in [0.717, 1.165) is 17.8 Å². The molecule has 4 aliphatic carbocycles. The first-order valence-corrected chi connectivity index (χ1v) is 8.49. The number of amides is 1. The maximum Gasteiger partial charge on any atom is 0.240 e. The van der Waals surface area contributed by atoms with Gasteiger partial charge in [-0.2, -0.15) is 5.10 Å². The van der Waals surface area contributed by atoms with E-state index in [4.69, 9.17) is 4.42 Å². The smallest absolute Gasteiger partial charge is 0.240 e. The SMILES string of the molecule is C/C(=N/NC(=O)CC12CC3CC(CC(C3)C1)C2)c1ccco1. The van der Waals surface area contributed by atoms with E-state index in [2.05, 4.69) is 10.5 Å². The zero-order valence-corrected chi connectivity index (χ0v) is 13.2. The number of nitrogens with zero attached hydrogens (tertiary/aromatic N) is 1. The molecule has 1 aromatic heterocycles. The number of rotatable bonds is 4. The number of carbonyl (C=O) groups excluding carboxylic acids is 1. The van der Waals surface area contributed by atoms with Crippen LogP contribution in [0.15, 0.2) is 27.9 Å². The van der Waals surface area contributed by atoms with E-state index in [1.165, 1.54) is 38.5 Å². The van der Waals surface area contributed by atoms with Gasteiger partial charge in [-0.05, 0) is 80.8 Å². The maximum absolute atomic E-state index is 12.4. The Hall–Kier alpha value is -1.58. The van der Waals surface area contributed by atoms with Crippen molar-refractivity contribution in [3.8, 4) is 0 Å². The van der Waals surface area contributed by atoms with Gasteiger partial charge in [-0.25, -0.2) is 5.43 Å². The van der Waals surface area contributed by atoms with E-state index >= 15 is 0 Å². The molecule has 4 saturated carbocycles. The fourth-order valence-electron chi connectivity index (χ4n) is 5.57. The zero-order valence-electron chi connectivity index (χ0n) is 13.2. The van der Waals surface area contributed by atoms with E-state index in [9.17, 15) is 4.79 Å². The van der Waals surface area contributed by atoms with Crippen LogP contribution in [0.3, 0.4) is 0 Å². The first kappa shape index (κ1) is 14.0. The van der Waals surface area contributed by atoms with Crippen LogP contribution in [0.4, 0.5) is 0 Å². The topological polar surface area (TPSA) is 54.6 Å². The third-order valence-electron chi connectivity index (χ3n) is 5.93. The average molecular weight is 300 g/mol. The van der Waals surface area contributed by atoms with Crippen LogP contribution in [0.5, 0.6) is 0 Å². The van der Waals surface area contributed by atoms with Crippen LogP contribution in [0, 0.1) is 23.2 Å². The lowest BCUT2D eigenvalue weighted by atomic mass is 9.49. The Balaban J connectivity index is 1.39. The molecule has 0 spiro atoms. The minimum absolute atomic E-state index is 0.0628. The molecule has 4 nitrogen and oxygen atoms in total. The molecular weight excluding hydrogens is 276 g/mol. The summed E-state index contributed by atoms with van der Waals surface area (Å²) in [5.41, 5.74) is 3.72. The van der Waals surface area contributed by atoms with E-state index in [1.54, 1.807) is 6.26 Å². The molecule has 4 aliphatic rings. The van der Waals surface area contributed by atoms with Crippen molar-refractivity contribution in [2.24, 2.45) is 28.3 Å². The normalized spacial score (nSPS) is 36.6. The standard InChI is InChI=1S/C18H24N2O2/c1-12(16-3-2-4-22-16)19-20-17(21)11-18-8-13-5-14(9-18)7-15(6-13)10-18/h2-4,13-15H,5-11H2,1H3,(H,20,21)/b19-12-. The van der Waals surface area contributed by atoms with Gasteiger partial charge in [0.1, 0.15) is 11.5 Å². The Morgan fingerprint density at radius 3 is 2.45 bits per heavy atom. The van der Waals surface area contributed by atoms with Gasteiger partial charge in [0, 0.05) is 6.42 Å². The monoisotopic (exact) mass is 300 g/mol. The number of furan rings is 1. The van der Waals surface area contributed by atoms with Crippen LogP contribution < -0.4 is 5.43 Å². The summed E-state index contributed by atoms with van der Waals surface area (Å²) in [5.74, 6) is 3.41. The second kappa shape index (κ2) is 5.25. The van der Waals surface area contributed by atoms with E-state index < -0.39 is 0 Å². The van der Waals surface area contributed by atoms with Crippen molar-refractivity contribution in [1.82, 2.24) is 5.43 Å². The highest BCUT2D eigenvalue weighted by Gasteiger charge is 2.51. The lowest BCUT2D eigenvalue weighted by molar-refractivity contribution is -0.129. The van der Waals surface area contributed by atoms with Gasteiger partial charge in [-0.3, -0.25) is 4.79 Å². The Morgan fingerprint density at radius 1 is 1.27 bits per heavy atom. The van der Waals surface area contributed by atoms with Gasteiger partial charge in [-0.15, -0.1) is 0 Å². The molecule has 118 valence electrons. The fourth-order valence-corrected chi connectivity index (χ4v) is 5.57. The second-order valence-electron chi connectivity index (χ2n) is 7.80. The Labute approximate surface area is 131 Å². The molecule has 0 atom stereocenters. The molecule has 1 amide bonds. The van der Waals surface area contributed by atoms with Gasteiger partial charge in [0.25, 0.3) is 0 Å². The van der Waals surface area contributed by atoms with Gasteiger partial charge >= 0.3 is 0 Å². The van der Waals surface area contributed by atoms with Gasteiger partial charge in [-0.1, -0.05) is 0 Å². The van der Waals surface area contributed by atoms with Crippen LogP contribution in [0.25, 0.3) is 0 Å². The van der Waals surface area contributed by atoms with Gasteiger partial charge in [0.05, 0.1) is 6.26 Å². The molecule has 0 radical (unpaired) electrons. The summed E-state index contributed by atoms with van der Waals surface area (Å²) in [6.45, 7) is 1.85. The van der Waals surface area contributed by atoms with E-state index in [0.29, 0.717) is 17.9 Å². The molecule has 1 heterocycles. The fraction of sp³-hybridized carbons (Fsp3) is 0.667. The number of nitrogens with one attached hydrogen (secondary N) is 1. The Bertz CT molecular complexity index is 553. The van der Waals surface area contributed by atoms with Crippen molar-refractivity contribution >= 4 is 11.6 Å². The largest absolute Gasteiger partial charge is 0.463 e. The van der Waals surface area contributed by atoms with Crippen LogP contribution >= 0.6 is 0 Å². The van der Waals surface area contributed by atoms with E-state index in [1.807, 2.05) is 19.1 Å². The van der Waals surface area contributed by atoms with Crippen molar-refractivity contribution in [3.05, 3.63) is 24.2 Å². The molecule has 1 aromatic rings. The third kappa shape index (κ3) is 2.59. The van der Waals surface area contributed by atoms with Gasteiger partial charge in [0.2, 0.25) is 5.91 Å². The zero-order chi connectivity index (χ0) is 15.2. The predicted octanol–water partition coefficient (Wildman–Crippen LogP) is 3.73. The average Bonchev–Trinajstić information content (AvgIpc) is 2.97. The first-order chi connectivity index (χ1) is 10.6.